The molecule has 0 aliphatic rings. The van der Waals surface area contributed by atoms with Crippen molar-refractivity contribution in [1.82, 2.24) is 0 Å². The van der Waals surface area contributed by atoms with E-state index in [-0.39, 0.29) is 43.8 Å². The predicted molar refractivity (Wildman–Crippen MR) is 50.9 cm³/mol. The van der Waals surface area contributed by atoms with Crippen molar-refractivity contribution in [2.75, 3.05) is 0 Å². The highest BCUT2D eigenvalue weighted by Crippen LogP contribution is 1.42. The second-order valence-corrected chi connectivity index (χ2v) is 0.519. The first-order chi connectivity index (χ1) is 1.73. The SMILES string of the molecule is CC(=O)O.I.P.P. The van der Waals surface area contributed by atoms with Crippen molar-refractivity contribution in [2.24, 2.45) is 0 Å². The third-order valence-electron chi connectivity index (χ3n) is 0. The normalized spacial score (nSPS) is 3.57. The van der Waals surface area contributed by atoms with Gasteiger partial charge in [-0.25, -0.2) is 0 Å². The van der Waals surface area contributed by atoms with Crippen LogP contribution in [0.3, 0.4) is 0 Å². The van der Waals surface area contributed by atoms with Gasteiger partial charge in [0.1, 0.15) is 0 Å². The molecule has 0 rings (SSSR count). The van der Waals surface area contributed by atoms with Crippen LogP contribution in [0.4, 0.5) is 0 Å². The van der Waals surface area contributed by atoms with E-state index in [1.54, 1.807) is 0 Å². The van der Waals surface area contributed by atoms with Gasteiger partial charge >= 0.3 is 0 Å². The third-order valence-corrected chi connectivity index (χ3v) is 0. The molecule has 0 radical (unpaired) electrons. The van der Waals surface area contributed by atoms with Gasteiger partial charge in [-0.3, -0.25) is 4.79 Å². The molecule has 0 aromatic carbocycles. The molecule has 5 heteroatoms. The van der Waals surface area contributed by atoms with E-state index in [9.17, 15) is 0 Å². The van der Waals surface area contributed by atoms with Gasteiger partial charge in [0.2, 0.25) is 0 Å². The lowest BCUT2D eigenvalue weighted by Crippen LogP contribution is -1.78. The summed E-state index contributed by atoms with van der Waals surface area (Å²) in [6, 6.07) is 0. The number of rotatable bonds is 0. The number of carboxylic acids is 1. The minimum atomic E-state index is -0.833. The van der Waals surface area contributed by atoms with Crippen molar-refractivity contribution in [3.8, 4) is 0 Å². The van der Waals surface area contributed by atoms with E-state index < -0.39 is 5.97 Å². The second kappa shape index (κ2) is 15.7. The standard InChI is InChI=1S/C2H4O2.HI.2H3P/c1-2(3)4;;;/h1H3,(H,3,4);1H;2*1H3. The van der Waals surface area contributed by atoms with Gasteiger partial charge in [-0.1, -0.05) is 0 Å². The van der Waals surface area contributed by atoms with E-state index in [0.29, 0.717) is 0 Å². The van der Waals surface area contributed by atoms with Crippen molar-refractivity contribution in [2.45, 2.75) is 6.92 Å². The summed E-state index contributed by atoms with van der Waals surface area (Å²) in [4.78, 5) is 9.00. The molecule has 0 fully saturated rings. The maximum Gasteiger partial charge on any atom is 0.300 e. The first-order valence-electron chi connectivity index (χ1n) is 0.928. The molecule has 2 nitrogen and oxygen atoms in total. The average Bonchev–Trinajstić information content (AvgIpc) is 0.811. The molecule has 0 spiro atoms. The monoisotopic (exact) mass is 256 g/mol. The Balaban J connectivity index is -0.0000000150. The Morgan fingerprint density at radius 1 is 1.43 bits per heavy atom. The van der Waals surface area contributed by atoms with Crippen LogP contribution in [-0.4, -0.2) is 11.1 Å². The van der Waals surface area contributed by atoms with E-state index >= 15 is 0 Å². The molecule has 0 aromatic heterocycles. The molecule has 0 heterocycles. The van der Waals surface area contributed by atoms with Gasteiger partial charge < -0.3 is 5.11 Å². The van der Waals surface area contributed by atoms with Crippen LogP contribution in [0.1, 0.15) is 6.92 Å². The lowest BCUT2D eigenvalue weighted by molar-refractivity contribution is -0.134. The lowest BCUT2D eigenvalue weighted by Gasteiger charge is -1.59. The van der Waals surface area contributed by atoms with Gasteiger partial charge in [0, 0.05) is 6.92 Å². The van der Waals surface area contributed by atoms with Crippen molar-refractivity contribution < 1.29 is 9.90 Å². The van der Waals surface area contributed by atoms with Gasteiger partial charge in [0.25, 0.3) is 5.97 Å². The van der Waals surface area contributed by atoms with Crippen molar-refractivity contribution in [3.05, 3.63) is 0 Å². The van der Waals surface area contributed by atoms with Crippen LogP contribution in [0.25, 0.3) is 0 Å². The average molecular weight is 256 g/mol. The summed E-state index contributed by atoms with van der Waals surface area (Å²) in [5.41, 5.74) is 0. The lowest BCUT2D eigenvalue weighted by atomic mass is 10.9. The Morgan fingerprint density at radius 2 is 1.43 bits per heavy atom. The Morgan fingerprint density at radius 3 is 1.43 bits per heavy atom. The summed E-state index contributed by atoms with van der Waals surface area (Å²) in [7, 11) is 0. The molecule has 0 aliphatic carbocycles. The number of aliphatic carboxylic acids is 1. The van der Waals surface area contributed by atoms with Crippen LogP contribution in [-0.2, 0) is 4.79 Å². The van der Waals surface area contributed by atoms with Gasteiger partial charge in [0.15, 0.2) is 0 Å². The molecule has 0 aliphatic heterocycles. The predicted octanol–water partition coefficient (Wildman–Crippen LogP) is 0.825. The summed E-state index contributed by atoms with van der Waals surface area (Å²) in [6.07, 6.45) is 0. The van der Waals surface area contributed by atoms with Crippen LogP contribution in [0, 0.1) is 0 Å². The highest BCUT2D eigenvalue weighted by atomic mass is 127. The van der Waals surface area contributed by atoms with Gasteiger partial charge in [0.05, 0.1) is 0 Å². The van der Waals surface area contributed by atoms with Crippen molar-refractivity contribution in [1.29, 1.82) is 0 Å². The van der Waals surface area contributed by atoms with E-state index in [2.05, 4.69) is 0 Å². The maximum absolute atomic E-state index is 9.00. The van der Waals surface area contributed by atoms with Crippen LogP contribution in [0.5, 0.6) is 0 Å². The zero-order chi connectivity index (χ0) is 3.58. The summed E-state index contributed by atoms with van der Waals surface area (Å²) in [5.74, 6) is -0.833. The summed E-state index contributed by atoms with van der Waals surface area (Å²) in [6.45, 7) is 1.08. The zero-order valence-corrected chi connectivity index (χ0v) is 9.34. The molecular weight excluding hydrogens is 245 g/mol. The molecular formula is C2H11IO2P2. The quantitative estimate of drug-likeness (QED) is 0.514. The summed E-state index contributed by atoms with van der Waals surface area (Å²) >= 11 is 0. The van der Waals surface area contributed by atoms with Gasteiger partial charge in [-0.05, 0) is 0 Å². The van der Waals surface area contributed by atoms with Crippen molar-refractivity contribution in [3.63, 3.8) is 0 Å². The topological polar surface area (TPSA) is 37.3 Å². The second-order valence-electron chi connectivity index (χ2n) is 0.519. The minimum Gasteiger partial charge on any atom is -0.481 e. The molecule has 1 N–H and O–H groups in total. The van der Waals surface area contributed by atoms with Gasteiger partial charge in [-0.15, -0.1) is 24.0 Å². The number of carboxylic acid groups (broad SMARTS) is 1. The largest absolute Gasteiger partial charge is 0.481 e. The molecule has 7 heavy (non-hydrogen) atoms. The smallest absolute Gasteiger partial charge is 0.300 e. The fourth-order valence-corrected chi connectivity index (χ4v) is 0. The molecule has 0 bridgehead atoms. The van der Waals surface area contributed by atoms with E-state index in [1.807, 2.05) is 0 Å². The third kappa shape index (κ3) is 161. The van der Waals surface area contributed by atoms with E-state index in [0.717, 1.165) is 6.92 Å². The Labute approximate surface area is 66.7 Å². The fourth-order valence-electron chi connectivity index (χ4n) is 0. The number of carbonyl (C=O) groups is 1. The minimum absolute atomic E-state index is 0. The van der Waals surface area contributed by atoms with Crippen LogP contribution < -0.4 is 0 Å². The highest BCUT2D eigenvalue weighted by Gasteiger charge is 1.65. The molecule has 48 valence electrons. The molecule has 2 unspecified atom stereocenters. The molecule has 2 atom stereocenters. The number of hydrogen-bond acceptors (Lipinski definition) is 1. The van der Waals surface area contributed by atoms with E-state index in [1.165, 1.54) is 0 Å². The molecule has 0 amide bonds. The Bertz CT molecular complexity index is 36.7. The van der Waals surface area contributed by atoms with E-state index in [4.69, 9.17) is 9.90 Å². The van der Waals surface area contributed by atoms with Crippen LogP contribution in [0.15, 0.2) is 0 Å². The zero-order valence-electron chi connectivity index (χ0n) is 4.18. The summed E-state index contributed by atoms with van der Waals surface area (Å²) < 4.78 is 0. The highest BCUT2D eigenvalue weighted by molar-refractivity contribution is 14.0. The van der Waals surface area contributed by atoms with Crippen molar-refractivity contribution >= 4 is 49.7 Å². The Hall–Kier alpha value is 1.06. The first-order valence-corrected chi connectivity index (χ1v) is 0.928. The molecule has 0 saturated heterocycles. The molecule has 0 aromatic rings. The Kier molecular flexibility index (Phi) is 54.8. The van der Waals surface area contributed by atoms with Crippen LogP contribution >= 0.6 is 43.8 Å². The molecule has 0 saturated carbocycles. The van der Waals surface area contributed by atoms with Gasteiger partial charge in [-0.2, -0.15) is 19.8 Å². The maximum atomic E-state index is 9.00. The number of halogens is 1. The number of hydrogen-bond donors (Lipinski definition) is 1. The fraction of sp³-hybridized carbons (Fsp3) is 0.500. The summed E-state index contributed by atoms with van der Waals surface area (Å²) in [5, 5.41) is 7.42. The first kappa shape index (κ1) is 24.4. The van der Waals surface area contributed by atoms with Crippen LogP contribution in [0.2, 0.25) is 0 Å².